The Hall–Kier alpha value is -3.65. The zero-order valence-corrected chi connectivity index (χ0v) is 22.2. The molecule has 3 aromatic rings. The van der Waals surface area contributed by atoms with E-state index in [0.29, 0.717) is 28.8 Å². The van der Waals surface area contributed by atoms with Crippen LogP contribution in [0, 0.1) is 38.2 Å². The van der Waals surface area contributed by atoms with Gasteiger partial charge in [0.1, 0.15) is 0 Å². The molecule has 1 amide bonds. The molecule has 38 heavy (non-hydrogen) atoms. The topological polar surface area (TPSA) is 66.8 Å². The van der Waals surface area contributed by atoms with E-state index in [2.05, 4.69) is 0 Å². The third-order valence-corrected chi connectivity index (χ3v) is 6.83. The molecule has 1 unspecified atom stereocenters. The molecule has 1 atom stereocenters. The van der Waals surface area contributed by atoms with Crippen LogP contribution in [0.4, 0.5) is 13.2 Å². The number of carboxylic acid groups (broad SMARTS) is 1. The van der Waals surface area contributed by atoms with Crippen molar-refractivity contribution in [1.29, 1.82) is 0 Å². The Kier molecular flexibility index (Phi) is 7.14. The molecule has 0 saturated carbocycles. The predicted molar refractivity (Wildman–Crippen MR) is 137 cm³/mol. The molecule has 0 aliphatic carbocycles. The molecule has 0 saturated heterocycles. The molecule has 1 aliphatic heterocycles. The first-order valence-corrected chi connectivity index (χ1v) is 12.3. The second-order valence-corrected chi connectivity index (χ2v) is 10.7. The minimum atomic E-state index is -1.64. The Labute approximate surface area is 219 Å². The summed E-state index contributed by atoms with van der Waals surface area (Å²) < 4.78 is 47.2. The molecule has 0 fully saturated rings. The number of hydrogen-bond acceptors (Lipinski definition) is 3. The lowest BCUT2D eigenvalue weighted by atomic mass is 9.83. The number of nitrogens with zero attached hydrogens (tertiary/aromatic N) is 1. The van der Waals surface area contributed by atoms with E-state index in [1.807, 2.05) is 38.1 Å². The number of carbonyl (C=O) groups is 2. The molecule has 0 spiro atoms. The number of halogens is 3. The summed E-state index contributed by atoms with van der Waals surface area (Å²) in [6.45, 7) is 11.2. The lowest BCUT2D eigenvalue weighted by molar-refractivity contribution is -0.160. The number of ether oxygens (including phenoxy) is 1. The lowest BCUT2D eigenvalue weighted by Crippen LogP contribution is -2.28. The van der Waals surface area contributed by atoms with Gasteiger partial charge >= 0.3 is 5.97 Å². The zero-order valence-electron chi connectivity index (χ0n) is 22.2. The highest BCUT2D eigenvalue weighted by Gasteiger charge is 2.36. The van der Waals surface area contributed by atoms with Crippen LogP contribution in [-0.2, 0) is 22.6 Å². The Morgan fingerprint density at radius 2 is 1.45 bits per heavy atom. The molecule has 3 aromatic carbocycles. The van der Waals surface area contributed by atoms with Crippen LogP contribution in [0.15, 0.2) is 36.4 Å². The average Bonchev–Trinajstić information content (AvgIpc) is 3.29. The maximum absolute atomic E-state index is 13.8. The number of aryl methyl sites for hydroxylation is 1. The highest BCUT2D eigenvalue weighted by Crippen LogP contribution is 2.44. The summed E-state index contributed by atoms with van der Waals surface area (Å²) in [4.78, 5) is 27.2. The molecule has 1 heterocycles. The number of rotatable bonds is 5. The summed E-state index contributed by atoms with van der Waals surface area (Å²) in [7, 11) is 0. The van der Waals surface area contributed by atoms with Crippen molar-refractivity contribution >= 4 is 11.9 Å². The zero-order chi connectivity index (χ0) is 28.1. The minimum Gasteiger partial charge on any atom is -0.479 e. The molecule has 5 nitrogen and oxygen atoms in total. The maximum atomic E-state index is 13.8. The first-order valence-electron chi connectivity index (χ1n) is 12.3. The van der Waals surface area contributed by atoms with E-state index >= 15 is 0 Å². The summed E-state index contributed by atoms with van der Waals surface area (Å²) in [5.41, 5.74) is 5.06. The van der Waals surface area contributed by atoms with E-state index in [9.17, 15) is 27.9 Å². The third kappa shape index (κ3) is 5.05. The van der Waals surface area contributed by atoms with Gasteiger partial charge in [-0.15, -0.1) is 0 Å². The maximum Gasteiger partial charge on any atom is 0.337 e. The van der Waals surface area contributed by atoms with Crippen LogP contribution in [0.2, 0.25) is 0 Å². The summed E-state index contributed by atoms with van der Waals surface area (Å²) in [5, 5.41) is 10.2. The monoisotopic (exact) mass is 525 g/mol. The van der Waals surface area contributed by atoms with E-state index in [4.69, 9.17) is 4.74 Å². The Morgan fingerprint density at radius 3 is 1.95 bits per heavy atom. The quantitative estimate of drug-likeness (QED) is 0.373. The highest BCUT2D eigenvalue weighted by molar-refractivity contribution is 5.95. The van der Waals surface area contributed by atoms with Crippen molar-refractivity contribution in [2.45, 2.75) is 66.3 Å². The van der Waals surface area contributed by atoms with Gasteiger partial charge in [-0.25, -0.2) is 18.0 Å². The first-order chi connectivity index (χ1) is 17.7. The van der Waals surface area contributed by atoms with Crippen LogP contribution >= 0.6 is 0 Å². The van der Waals surface area contributed by atoms with E-state index in [0.717, 1.165) is 27.8 Å². The number of carboxylic acids is 1. The van der Waals surface area contributed by atoms with E-state index in [-0.39, 0.29) is 18.7 Å². The van der Waals surface area contributed by atoms with Crippen LogP contribution in [0.5, 0.6) is 0 Å². The van der Waals surface area contributed by atoms with Crippen molar-refractivity contribution < 1.29 is 32.6 Å². The molecule has 200 valence electrons. The number of hydrogen-bond donors (Lipinski definition) is 1. The number of amides is 1. The van der Waals surface area contributed by atoms with Gasteiger partial charge in [0, 0.05) is 24.2 Å². The molecule has 0 aromatic heterocycles. The summed E-state index contributed by atoms with van der Waals surface area (Å²) >= 11 is 0. The van der Waals surface area contributed by atoms with Crippen molar-refractivity contribution in [1.82, 2.24) is 4.90 Å². The SMILES string of the molecule is Cc1ccc(-c2c(C)c3c(c(C)c2C(OC(C)(C)C)C(=O)O)CN(C(=O)c2cc(F)c(F)c(F)c2)C3)cc1. The van der Waals surface area contributed by atoms with Gasteiger partial charge in [0.2, 0.25) is 0 Å². The fraction of sp³-hybridized carbons (Fsp3) is 0.333. The Bertz CT molecular complexity index is 1420. The predicted octanol–water partition coefficient (Wildman–Crippen LogP) is 6.79. The first kappa shape index (κ1) is 27.4. The van der Waals surface area contributed by atoms with Gasteiger partial charge in [-0.1, -0.05) is 29.8 Å². The van der Waals surface area contributed by atoms with Crippen molar-refractivity contribution in [3.8, 4) is 11.1 Å². The van der Waals surface area contributed by atoms with Crippen molar-refractivity contribution in [3.05, 3.63) is 92.8 Å². The van der Waals surface area contributed by atoms with E-state index < -0.39 is 41.0 Å². The van der Waals surface area contributed by atoms with Crippen LogP contribution in [-0.4, -0.2) is 27.5 Å². The summed E-state index contributed by atoms with van der Waals surface area (Å²) in [6, 6.07) is 9.09. The summed E-state index contributed by atoms with van der Waals surface area (Å²) in [6.07, 6.45) is -1.28. The highest BCUT2D eigenvalue weighted by atomic mass is 19.2. The van der Waals surface area contributed by atoms with Crippen molar-refractivity contribution in [2.75, 3.05) is 0 Å². The molecule has 0 radical (unpaired) electrons. The molecule has 4 rings (SSSR count). The number of carbonyl (C=O) groups excluding carboxylic acids is 1. The van der Waals surface area contributed by atoms with Crippen LogP contribution in [0.1, 0.15) is 70.6 Å². The van der Waals surface area contributed by atoms with Gasteiger partial charge < -0.3 is 14.7 Å². The molecule has 0 bridgehead atoms. The third-order valence-electron chi connectivity index (χ3n) is 6.83. The Balaban J connectivity index is 1.88. The molecular weight excluding hydrogens is 495 g/mol. The standard InChI is InChI=1S/C30H30F3NO4/c1-15-7-9-18(10-8-15)24-16(2)20-13-34(28(35)19-11-22(31)26(33)23(32)12-19)14-21(20)17(3)25(24)27(29(36)37)38-30(4,5)6/h7-12,27H,13-14H2,1-6H3,(H,36,37). The van der Waals surface area contributed by atoms with Gasteiger partial charge in [-0.3, -0.25) is 4.79 Å². The van der Waals surface area contributed by atoms with Crippen molar-refractivity contribution in [2.24, 2.45) is 0 Å². The van der Waals surface area contributed by atoms with E-state index in [1.54, 1.807) is 27.7 Å². The smallest absolute Gasteiger partial charge is 0.337 e. The normalized spacial score (nSPS) is 14.0. The van der Waals surface area contributed by atoms with Crippen LogP contribution < -0.4 is 0 Å². The fourth-order valence-corrected chi connectivity index (χ4v) is 5.03. The number of aliphatic carboxylic acids is 1. The fourth-order valence-electron chi connectivity index (χ4n) is 5.03. The second-order valence-electron chi connectivity index (χ2n) is 10.7. The Morgan fingerprint density at radius 1 is 0.921 bits per heavy atom. The van der Waals surface area contributed by atoms with Gasteiger partial charge in [-0.2, -0.15) is 0 Å². The number of fused-ring (bicyclic) bond motifs is 1. The number of benzene rings is 3. The van der Waals surface area contributed by atoms with Gasteiger partial charge in [-0.05, 0) is 87.1 Å². The molecule has 1 N–H and O–H groups in total. The van der Waals surface area contributed by atoms with Crippen LogP contribution in [0.3, 0.4) is 0 Å². The molecule has 1 aliphatic rings. The summed E-state index contributed by atoms with van der Waals surface area (Å²) in [5.74, 6) is -6.31. The van der Waals surface area contributed by atoms with Crippen molar-refractivity contribution in [3.63, 3.8) is 0 Å². The molecule has 8 heteroatoms. The van der Waals surface area contributed by atoms with Gasteiger partial charge in [0.15, 0.2) is 23.6 Å². The lowest BCUT2D eigenvalue weighted by Gasteiger charge is -2.29. The van der Waals surface area contributed by atoms with E-state index in [1.165, 1.54) is 4.90 Å². The minimum absolute atomic E-state index is 0.102. The van der Waals surface area contributed by atoms with Gasteiger partial charge in [0.05, 0.1) is 5.60 Å². The van der Waals surface area contributed by atoms with Crippen LogP contribution in [0.25, 0.3) is 11.1 Å². The second kappa shape index (κ2) is 9.91. The van der Waals surface area contributed by atoms with Gasteiger partial charge in [0.25, 0.3) is 5.91 Å². The largest absolute Gasteiger partial charge is 0.479 e. The molecular formula is C30H30F3NO4. The average molecular weight is 526 g/mol.